The van der Waals surface area contributed by atoms with E-state index < -0.39 is 0 Å². The zero-order valence-corrected chi connectivity index (χ0v) is 9.01. The molecule has 0 saturated heterocycles. The Morgan fingerprint density at radius 2 is 2.29 bits per heavy atom. The van der Waals surface area contributed by atoms with Gasteiger partial charge in [0.25, 0.3) is 0 Å². The van der Waals surface area contributed by atoms with Crippen LogP contribution in [0, 0.1) is 12.3 Å². The zero-order valence-electron chi connectivity index (χ0n) is 9.01. The number of carbonyl (C=O) groups excluding carboxylic acids is 1. The number of nitrogens with one attached hydrogen (secondary N) is 1. The molecule has 0 aliphatic rings. The molecule has 0 aliphatic heterocycles. The van der Waals surface area contributed by atoms with Gasteiger partial charge in [0.05, 0.1) is 13.5 Å². The molecule has 3 nitrogen and oxygen atoms in total. The Kier molecular flexibility index (Phi) is 7.96. The van der Waals surface area contributed by atoms with Crippen LogP contribution in [0.15, 0.2) is 0 Å². The lowest BCUT2D eigenvalue weighted by molar-refractivity contribution is -0.141. The number of hydrogen-bond donors (Lipinski definition) is 1. The fourth-order valence-electron chi connectivity index (χ4n) is 1.11. The molecule has 1 atom stereocenters. The molecule has 80 valence electrons. The van der Waals surface area contributed by atoms with Gasteiger partial charge in [-0.25, -0.2) is 0 Å². The SMILES string of the molecule is C#CCCCCNC(C)CC(=O)OC. The van der Waals surface area contributed by atoms with E-state index in [1.54, 1.807) is 0 Å². The molecule has 0 fully saturated rings. The highest BCUT2D eigenvalue weighted by Gasteiger charge is 2.07. The number of rotatable bonds is 7. The molecule has 0 aromatic heterocycles. The molecule has 0 radical (unpaired) electrons. The predicted molar refractivity (Wildman–Crippen MR) is 56.8 cm³/mol. The molecule has 0 heterocycles. The van der Waals surface area contributed by atoms with Gasteiger partial charge in [0.2, 0.25) is 0 Å². The number of esters is 1. The molecule has 0 saturated carbocycles. The Morgan fingerprint density at radius 3 is 2.86 bits per heavy atom. The highest BCUT2D eigenvalue weighted by molar-refractivity contribution is 5.69. The summed E-state index contributed by atoms with van der Waals surface area (Å²) in [6.07, 6.45) is 8.46. The van der Waals surface area contributed by atoms with Gasteiger partial charge >= 0.3 is 5.97 Å². The maximum atomic E-state index is 10.9. The van der Waals surface area contributed by atoms with Crippen LogP contribution in [0.3, 0.4) is 0 Å². The van der Waals surface area contributed by atoms with E-state index in [-0.39, 0.29) is 12.0 Å². The van der Waals surface area contributed by atoms with Gasteiger partial charge in [-0.15, -0.1) is 12.3 Å². The van der Waals surface area contributed by atoms with E-state index in [0.717, 1.165) is 25.8 Å². The molecule has 0 rings (SSSR count). The minimum Gasteiger partial charge on any atom is -0.469 e. The van der Waals surface area contributed by atoms with Crippen molar-refractivity contribution in [2.45, 2.75) is 38.6 Å². The summed E-state index contributed by atoms with van der Waals surface area (Å²) in [7, 11) is 1.40. The van der Waals surface area contributed by atoms with E-state index in [0.29, 0.717) is 6.42 Å². The average Bonchev–Trinajstić information content (AvgIpc) is 2.17. The number of carbonyl (C=O) groups is 1. The van der Waals surface area contributed by atoms with Crippen LogP contribution in [0.2, 0.25) is 0 Å². The number of terminal acetylenes is 1. The van der Waals surface area contributed by atoms with Crippen LogP contribution in [-0.2, 0) is 9.53 Å². The summed E-state index contributed by atoms with van der Waals surface area (Å²) in [5.41, 5.74) is 0. The Balaban J connectivity index is 3.31. The van der Waals surface area contributed by atoms with Crippen molar-refractivity contribution in [3.63, 3.8) is 0 Å². The summed E-state index contributed by atoms with van der Waals surface area (Å²) in [6, 6.07) is 0.174. The van der Waals surface area contributed by atoms with Crippen LogP contribution >= 0.6 is 0 Å². The minimum absolute atomic E-state index is 0.173. The molecule has 0 spiro atoms. The van der Waals surface area contributed by atoms with Crippen molar-refractivity contribution >= 4 is 5.97 Å². The fourth-order valence-corrected chi connectivity index (χ4v) is 1.11. The molecule has 1 N–H and O–H groups in total. The molecule has 0 aromatic carbocycles. The quantitative estimate of drug-likeness (QED) is 0.380. The second-order valence-electron chi connectivity index (χ2n) is 3.30. The first-order chi connectivity index (χ1) is 6.70. The maximum Gasteiger partial charge on any atom is 0.307 e. The van der Waals surface area contributed by atoms with Crippen molar-refractivity contribution in [1.82, 2.24) is 5.32 Å². The van der Waals surface area contributed by atoms with Gasteiger partial charge in [0.15, 0.2) is 0 Å². The number of hydrogen-bond acceptors (Lipinski definition) is 3. The van der Waals surface area contributed by atoms with Gasteiger partial charge in [-0.1, -0.05) is 0 Å². The summed E-state index contributed by atoms with van der Waals surface area (Å²) < 4.78 is 4.56. The maximum absolute atomic E-state index is 10.9. The Morgan fingerprint density at radius 1 is 1.57 bits per heavy atom. The lowest BCUT2D eigenvalue weighted by atomic mass is 10.2. The van der Waals surface area contributed by atoms with Gasteiger partial charge in [0.1, 0.15) is 0 Å². The smallest absolute Gasteiger partial charge is 0.307 e. The Hall–Kier alpha value is -1.01. The molecule has 1 unspecified atom stereocenters. The van der Waals surface area contributed by atoms with Crippen LogP contribution in [0.4, 0.5) is 0 Å². The van der Waals surface area contributed by atoms with E-state index in [2.05, 4.69) is 16.0 Å². The topological polar surface area (TPSA) is 38.3 Å². The first-order valence-electron chi connectivity index (χ1n) is 4.94. The average molecular weight is 197 g/mol. The van der Waals surface area contributed by atoms with Gasteiger partial charge in [-0.3, -0.25) is 4.79 Å². The highest BCUT2D eigenvalue weighted by atomic mass is 16.5. The van der Waals surface area contributed by atoms with Crippen molar-refractivity contribution in [2.24, 2.45) is 0 Å². The van der Waals surface area contributed by atoms with Gasteiger partial charge in [-0.2, -0.15) is 0 Å². The molecule has 0 aliphatic carbocycles. The molecule has 0 bridgehead atoms. The Labute approximate surface area is 86.2 Å². The first kappa shape index (κ1) is 13.0. The van der Waals surface area contributed by atoms with E-state index in [4.69, 9.17) is 6.42 Å². The molecular formula is C11H19NO2. The van der Waals surface area contributed by atoms with Gasteiger partial charge in [-0.05, 0) is 26.3 Å². The number of ether oxygens (including phenoxy) is 1. The zero-order chi connectivity index (χ0) is 10.8. The summed E-state index contributed by atoms with van der Waals surface area (Å²) >= 11 is 0. The Bertz CT molecular complexity index is 196. The normalized spacial score (nSPS) is 11.8. The molecule has 14 heavy (non-hydrogen) atoms. The molecule has 0 aromatic rings. The third-order valence-electron chi connectivity index (χ3n) is 1.94. The second kappa shape index (κ2) is 8.58. The van der Waals surface area contributed by atoms with E-state index in [9.17, 15) is 4.79 Å². The lowest BCUT2D eigenvalue weighted by Gasteiger charge is -2.11. The van der Waals surface area contributed by atoms with Crippen LogP contribution in [-0.4, -0.2) is 25.7 Å². The van der Waals surface area contributed by atoms with Crippen molar-refractivity contribution < 1.29 is 9.53 Å². The van der Waals surface area contributed by atoms with Crippen LogP contribution in [0.1, 0.15) is 32.6 Å². The van der Waals surface area contributed by atoms with Crippen LogP contribution in [0.25, 0.3) is 0 Å². The highest BCUT2D eigenvalue weighted by Crippen LogP contribution is 1.95. The van der Waals surface area contributed by atoms with Crippen molar-refractivity contribution in [3.05, 3.63) is 0 Å². The van der Waals surface area contributed by atoms with Crippen molar-refractivity contribution in [1.29, 1.82) is 0 Å². The first-order valence-corrected chi connectivity index (χ1v) is 4.94. The van der Waals surface area contributed by atoms with E-state index in [1.807, 2.05) is 6.92 Å². The largest absolute Gasteiger partial charge is 0.469 e. The molecule has 0 amide bonds. The monoisotopic (exact) mass is 197 g/mol. The van der Waals surface area contributed by atoms with Crippen LogP contribution < -0.4 is 5.32 Å². The minimum atomic E-state index is -0.173. The molecule has 3 heteroatoms. The van der Waals surface area contributed by atoms with Crippen molar-refractivity contribution in [3.8, 4) is 12.3 Å². The van der Waals surface area contributed by atoms with E-state index >= 15 is 0 Å². The predicted octanol–water partition coefficient (Wildman–Crippen LogP) is 1.33. The van der Waals surface area contributed by atoms with Gasteiger partial charge in [0, 0.05) is 12.5 Å². The summed E-state index contributed by atoms with van der Waals surface area (Å²) in [5.74, 6) is 2.42. The fraction of sp³-hybridized carbons (Fsp3) is 0.727. The van der Waals surface area contributed by atoms with E-state index in [1.165, 1.54) is 7.11 Å². The lowest BCUT2D eigenvalue weighted by Crippen LogP contribution is -2.29. The third-order valence-corrected chi connectivity index (χ3v) is 1.94. The summed E-state index contributed by atoms with van der Waals surface area (Å²) in [5, 5.41) is 3.24. The van der Waals surface area contributed by atoms with Crippen molar-refractivity contribution in [2.75, 3.05) is 13.7 Å². The second-order valence-corrected chi connectivity index (χ2v) is 3.30. The third kappa shape index (κ3) is 7.63. The summed E-state index contributed by atoms with van der Waals surface area (Å²) in [6.45, 7) is 2.87. The standard InChI is InChI=1S/C11H19NO2/c1-4-5-6-7-8-12-10(2)9-11(13)14-3/h1,10,12H,5-9H2,2-3H3. The number of unbranched alkanes of at least 4 members (excludes halogenated alkanes) is 2. The molecular weight excluding hydrogens is 178 g/mol. The van der Waals surface area contributed by atoms with Crippen LogP contribution in [0.5, 0.6) is 0 Å². The van der Waals surface area contributed by atoms with Gasteiger partial charge < -0.3 is 10.1 Å². The summed E-state index contributed by atoms with van der Waals surface area (Å²) in [4.78, 5) is 10.9. The number of methoxy groups -OCH3 is 1.